The fourth-order valence-electron chi connectivity index (χ4n) is 0.368. The zero-order valence-electron chi connectivity index (χ0n) is 5.18. The van der Waals surface area contributed by atoms with Crippen LogP contribution in [0.4, 0.5) is 0 Å². The van der Waals surface area contributed by atoms with Crippen LogP contribution in [0.5, 0.6) is 0 Å². The minimum atomic E-state index is -0.785. The fraction of sp³-hybridized carbons (Fsp3) is 0.200. The van der Waals surface area contributed by atoms with E-state index >= 15 is 0 Å². The van der Waals surface area contributed by atoms with Crippen molar-refractivity contribution in [3.63, 3.8) is 0 Å². The smallest absolute Gasteiger partial charge is 0.254 e. The van der Waals surface area contributed by atoms with Gasteiger partial charge in [0, 0.05) is 0 Å². The van der Waals surface area contributed by atoms with Crippen molar-refractivity contribution in [1.82, 2.24) is 0 Å². The van der Waals surface area contributed by atoms with Crippen LogP contribution in [0.15, 0.2) is 24.6 Å². The molecule has 45 valence electrons. The summed E-state index contributed by atoms with van der Waals surface area (Å²) in [6, 6.07) is 0. The van der Waals surface area contributed by atoms with Crippen molar-refractivity contribution < 1.29 is 4.12 Å². The van der Waals surface area contributed by atoms with Crippen molar-refractivity contribution in [2.45, 2.75) is 6.55 Å². The zero-order valence-corrected chi connectivity index (χ0v) is 7.60. The van der Waals surface area contributed by atoms with E-state index in [1.807, 2.05) is 11.4 Å². The summed E-state index contributed by atoms with van der Waals surface area (Å²) in [5.41, 5.74) is 3.71. The second kappa shape index (κ2) is 5.02. The summed E-state index contributed by atoms with van der Waals surface area (Å²) in [5, 5.41) is 0. The Hall–Kier alpha value is -0.126. The first-order valence-corrected chi connectivity index (χ1v) is 6.15. The van der Waals surface area contributed by atoms with Crippen LogP contribution in [0.3, 0.4) is 0 Å². The Balaban J connectivity index is 3.35. The highest BCUT2D eigenvalue weighted by molar-refractivity contribution is 6.67. The van der Waals surface area contributed by atoms with Gasteiger partial charge in [0.05, 0.1) is 0 Å². The van der Waals surface area contributed by atoms with Gasteiger partial charge in [-0.05, 0) is 0 Å². The molecule has 0 heterocycles. The van der Waals surface area contributed by atoms with E-state index in [0.717, 1.165) is 0 Å². The van der Waals surface area contributed by atoms with Crippen LogP contribution < -0.4 is 0 Å². The first-order chi connectivity index (χ1) is 3.85. The van der Waals surface area contributed by atoms with E-state index < -0.39 is 9.04 Å². The molecule has 0 aromatic heterocycles. The molecule has 1 radical (unpaired) electrons. The lowest BCUT2D eigenvalue weighted by molar-refractivity contribution is 0.641. The number of rotatable bonds is 4. The third kappa shape index (κ3) is 2.95. The van der Waals surface area contributed by atoms with Crippen molar-refractivity contribution >= 4 is 18.8 Å². The summed E-state index contributed by atoms with van der Waals surface area (Å²) in [4.78, 5) is 0. The Labute approximate surface area is 54.7 Å². The third-order valence-electron chi connectivity index (χ3n) is 0.713. The highest BCUT2D eigenvalue weighted by atomic mass is 28.3. The zero-order chi connectivity index (χ0) is 6.41. The highest BCUT2D eigenvalue weighted by Crippen LogP contribution is 1.84. The maximum absolute atomic E-state index is 5.34. The summed E-state index contributed by atoms with van der Waals surface area (Å²) in [6.45, 7) is 9.35. The van der Waals surface area contributed by atoms with Crippen LogP contribution in [0, 0.1) is 0 Å². The summed E-state index contributed by atoms with van der Waals surface area (Å²) < 4.78 is 5.34. The van der Waals surface area contributed by atoms with Gasteiger partial charge in [-0.2, -0.15) is 0 Å². The molecule has 0 unspecified atom stereocenters. The van der Waals surface area contributed by atoms with E-state index in [1.54, 1.807) is 0 Å². The molecule has 0 atom stereocenters. The molecule has 0 aromatic rings. The lowest BCUT2D eigenvalue weighted by atomic mass is 11.2. The average Bonchev–Trinajstić information content (AvgIpc) is 1.83. The largest absolute Gasteiger partial charge is 0.455 e. The first kappa shape index (κ1) is 7.87. The van der Waals surface area contributed by atoms with Gasteiger partial charge in [-0.3, -0.25) is 0 Å². The van der Waals surface area contributed by atoms with Gasteiger partial charge >= 0.3 is 0 Å². The molecule has 0 amide bonds. The van der Waals surface area contributed by atoms with E-state index in [-0.39, 0.29) is 9.76 Å². The second-order valence-corrected chi connectivity index (χ2v) is 4.60. The van der Waals surface area contributed by atoms with Crippen LogP contribution in [0.25, 0.3) is 0 Å². The third-order valence-corrected chi connectivity index (χ3v) is 4.01. The van der Waals surface area contributed by atoms with E-state index in [9.17, 15) is 0 Å². The Morgan fingerprint density at radius 2 is 2.00 bits per heavy atom. The van der Waals surface area contributed by atoms with Gasteiger partial charge in [0.15, 0.2) is 0 Å². The molecule has 0 aliphatic rings. The maximum Gasteiger partial charge on any atom is 0.254 e. The number of hydrogen-bond acceptors (Lipinski definition) is 1. The average molecular weight is 143 g/mol. The summed E-state index contributed by atoms with van der Waals surface area (Å²) >= 11 is 0. The van der Waals surface area contributed by atoms with Crippen LogP contribution in [0.2, 0.25) is 6.55 Å². The van der Waals surface area contributed by atoms with Crippen LogP contribution >= 0.6 is 0 Å². The minimum Gasteiger partial charge on any atom is -0.455 e. The van der Waals surface area contributed by atoms with Crippen LogP contribution in [0.1, 0.15) is 0 Å². The van der Waals surface area contributed by atoms with E-state index in [2.05, 4.69) is 19.7 Å². The Kier molecular flexibility index (Phi) is 4.94. The number of hydrogen-bond donors (Lipinski definition) is 0. The molecule has 0 saturated carbocycles. The lowest BCUT2D eigenvalue weighted by Gasteiger charge is -2.01. The summed E-state index contributed by atoms with van der Waals surface area (Å²) in [6.07, 6.45) is 0. The Morgan fingerprint density at radius 1 is 1.50 bits per heavy atom. The highest BCUT2D eigenvalue weighted by Gasteiger charge is 1.97. The van der Waals surface area contributed by atoms with Crippen molar-refractivity contribution in [3.05, 3.63) is 24.6 Å². The van der Waals surface area contributed by atoms with Gasteiger partial charge < -0.3 is 4.12 Å². The second-order valence-electron chi connectivity index (χ2n) is 1.24. The van der Waals surface area contributed by atoms with Gasteiger partial charge in [-0.15, -0.1) is 13.2 Å². The van der Waals surface area contributed by atoms with E-state index in [0.29, 0.717) is 0 Å². The van der Waals surface area contributed by atoms with Gasteiger partial charge in [0.1, 0.15) is 9.76 Å². The minimum absolute atomic E-state index is 0.253. The molecule has 0 aliphatic carbocycles. The summed E-state index contributed by atoms with van der Waals surface area (Å²) in [5.74, 6) is 0. The van der Waals surface area contributed by atoms with Crippen molar-refractivity contribution in [1.29, 1.82) is 0 Å². The topological polar surface area (TPSA) is 9.23 Å². The van der Waals surface area contributed by atoms with Crippen molar-refractivity contribution in [3.8, 4) is 0 Å². The molecule has 0 saturated heterocycles. The SMILES string of the molecule is C=C[Si](C=C)O[SiH2]C. The Morgan fingerprint density at radius 3 is 2.12 bits per heavy atom. The molecule has 0 aromatic carbocycles. The molecule has 1 nitrogen and oxygen atoms in total. The normalized spacial score (nSPS) is 10.8. The van der Waals surface area contributed by atoms with Crippen LogP contribution in [-0.2, 0) is 4.12 Å². The fourth-order valence-corrected chi connectivity index (χ4v) is 2.81. The predicted octanol–water partition coefficient (Wildman–Crippen LogP) is 0.577. The van der Waals surface area contributed by atoms with Crippen LogP contribution in [-0.4, -0.2) is 18.8 Å². The standard InChI is InChI=1S/C5H11OSi2/c1-4-8(5-2)6-7-3/h4-5H,1-2,7H2,3H3. The summed E-state index contributed by atoms with van der Waals surface area (Å²) in [7, 11) is -1.04. The van der Waals surface area contributed by atoms with Crippen molar-refractivity contribution in [2.24, 2.45) is 0 Å². The van der Waals surface area contributed by atoms with E-state index in [1.165, 1.54) is 0 Å². The molecule has 0 bridgehead atoms. The first-order valence-electron chi connectivity index (χ1n) is 2.59. The molecule has 0 fully saturated rings. The molecular weight excluding hydrogens is 132 g/mol. The van der Waals surface area contributed by atoms with Gasteiger partial charge in [0.2, 0.25) is 0 Å². The molecule has 8 heavy (non-hydrogen) atoms. The molecule has 0 N–H and O–H groups in total. The maximum atomic E-state index is 5.34. The van der Waals surface area contributed by atoms with Gasteiger partial charge in [-0.25, -0.2) is 0 Å². The van der Waals surface area contributed by atoms with Crippen molar-refractivity contribution in [2.75, 3.05) is 0 Å². The van der Waals surface area contributed by atoms with Gasteiger partial charge in [-0.1, -0.05) is 17.9 Å². The Bertz CT molecular complexity index is 74.5. The lowest BCUT2D eigenvalue weighted by Crippen LogP contribution is -2.12. The van der Waals surface area contributed by atoms with Gasteiger partial charge in [0.25, 0.3) is 9.04 Å². The molecular formula is C5H11OSi2. The molecule has 0 spiro atoms. The molecule has 3 heteroatoms. The quantitative estimate of drug-likeness (QED) is 0.523. The molecule has 0 rings (SSSR count). The monoisotopic (exact) mass is 143 g/mol. The predicted molar refractivity (Wildman–Crippen MR) is 41.6 cm³/mol. The van der Waals surface area contributed by atoms with E-state index in [4.69, 9.17) is 4.12 Å². The molecule has 0 aliphatic heterocycles.